The van der Waals surface area contributed by atoms with Crippen LogP contribution in [-0.2, 0) is 0 Å². The van der Waals surface area contributed by atoms with Crippen LogP contribution in [0.1, 0.15) is 17.3 Å². The molecule has 0 atom stereocenters. The summed E-state index contributed by atoms with van der Waals surface area (Å²) in [5.41, 5.74) is 6.93. The van der Waals surface area contributed by atoms with Crippen molar-refractivity contribution in [1.82, 2.24) is 0 Å². The van der Waals surface area contributed by atoms with E-state index in [-0.39, 0.29) is 11.7 Å². The van der Waals surface area contributed by atoms with Crippen molar-refractivity contribution < 1.29 is 13.9 Å². The molecule has 0 heterocycles. The summed E-state index contributed by atoms with van der Waals surface area (Å²) in [5, 5.41) is 2.61. The number of nitrogens with one attached hydrogen (secondary N) is 1. The van der Waals surface area contributed by atoms with Gasteiger partial charge < -0.3 is 15.8 Å². The molecule has 0 aromatic heterocycles. The van der Waals surface area contributed by atoms with Gasteiger partial charge in [0.1, 0.15) is 0 Å². The molecule has 110 valence electrons. The van der Waals surface area contributed by atoms with Gasteiger partial charge in [-0.05, 0) is 53.2 Å². The average Bonchev–Trinajstić information content (AvgIpc) is 2.45. The Labute approximate surface area is 130 Å². The zero-order valence-electron chi connectivity index (χ0n) is 11.3. The van der Waals surface area contributed by atoms with Crippen molar-refractivity contribution >= 4 is 33.2 Å². The zero-order chi connectivity index (χ0) is 15.4. The lowest BCUT2D eigenvalue weighted by atomic mass is 10.2. The maximum atomic E-state index is 13.7. The SMILES string of the molecule is CCOc1ccc(NC(=O)c2ccc(Br)c(N)c2)cc1F. The molecule has 21 heavy (non-hydrogen) atoms. The molecule has 4 nitrogen and oxygen atoms in total. The van der Waals surface area contributed by atoms with Gasteiger partial charge >= 0.3 is 0 Å². The maximum Gasteiger partial charge on any atom is 0.255 e. The highest BCUT2D eigenvalue weighted by Crippen LogP contribution is 2.23. The number of nitrogen functional groups attached to an aromatic ring is 1. The second kappa shape index (κ2) is 6.58. The van der Waals surface area contributed by atoms with Gasteiger partial charge in [-0.3, -0.25) is 4.79 Å². The number of amides is 1. The molecule has 0 saturated carbocycles. The molecule has 0 aliphatic rings. The highest BCUT2D eigenvalue weighted by Gasteiger charge is 2.10. The number of carbonyl (C=O) groups is 1. The first kappa shape index (κ1) is 15.3. The van der Waals surface area contributed by atoms with Gasteiger partial charge in [0.15, 0.2) is 11.6 Å². The largest absolute Gasteiger partial charge is 0.491 e. The Morgan fingerprint density at radius 2 is 2.10 bits per heavy atom. The van der Waals surface area contributed by atoms with Crippen LogP contribution in [0.15, 0.2) is 40.9 Å². The van der Waals surface area contributed by atoms with Crippen LogP contribution in [0.3, 0.4) is 0 Å². The van der Waals surface area contributed by atoms with Gasteiger partial charge in [-0.1, -0.05) is 0 Å². The first-order valence-corrected chi connectivity index (χ1v) is 7.09. The van der Waals surface area contributed by atoms with E-state index in [1.165, 1.54) is 12.1 Å². The number of nitrogens with two attached hydrogens (primary N) is 1. The van der Waals surface area contributed by atoms with Gasteiger partial charge in [0.05, 0.1) is 6.61 Å². The molecule has 6 heteroatoms. The van der Waals surface area contributed by atoms with E-state index in [4.69, 9.17) is 10.5 Å². The van der Waals surface area contributed by atoms with Crippen LogP contribution in [0.5, 0.6) is 5.75 Å². The summed E-state index contributed by atoms with van der Waals surface area (Å²) in [6.45, 7) is 2.15. The first-order valence-electron chi connectivity index (χ1n) is 6.30. The molecule has 1 amide bonds. The van der Waals surface area contributed by atoms with Gasteiger partial charge in [0.2, 0.25) is 0 Å². The quantitative estimate of drug-likeness (QED) is 0.822. The highest BCUT2D eigenvalue weighted by molar-refractivity contribution is 9.10. The minimum absolute atomic E-state index is 0.156. The Balaban J connectivity index is 2.15. The summed E-state index contributed by atoms with van der Waals surface area (Å²) in [6.07, 6.45) is 0. The summed E-state index contributed by atoms with van der Waals surface area (Å²) in [7, 11) is 0. The fraction of sp³-hybridized carbons (Fsp3) is 0.133. The van der Waals surface area contributed by atoms with Crippen LogP contribution in [0.25, 0.3) is 0 Å². The molecule has 2 aromatic carbocycles. The number of anilines is 2. The van der Waals surface area contributed by atoms with Crippen LogP contribution >= 0.6 is 15.9 Å². The smallest absolute Gasteiger partial charge is 0.255 e. The van der Waals surface area contributed by atoms with Gasteiger partial charge in [-0.25, -0.2) is 4.39 Å². The van der Waals surface area contributed by atoms with Crippen LogP contribution < -0.4 is 15.8 Å². The van der Waals surface area contributed by atoms with Gasteiger partial charge in [-0.2, -0.15) is 0 Å². The molecule has 0 saturated heterocycles. The third-order valence-corrected chi connectivity index (χ3v) is 3.47. The minimum Gasteiger partial charge on any atom is -0.491 e. The van der Waals surface area contributed by atoms with E-state index in [1.807, 2.05) is 0 Å². The number of carbonyl (C=O) groups excluding carboxylic acids is 1. The standard InChI is InChI=1S/C15H14BrFN2O2/c1-2-21-14-6-4-10(8-12(14)17)19-15(20)9-3-5-11(16)13(18)7-9/h3-8H,2,18H2,1H3,(H,19,20). The van der Waals surface area contributed by atoms with E-state index in [0.717, 1.165) is 0 Å². The Morgan fingerprint density at radius 3 is 2.71 bits per heavy atom. The van der Waals surface area contributed by atoms with E-state index in [1.54, 1.807) is 31.2 Å². The fourth-order valence-electron chi connectivity index (χ4n) is 1.74. The topological polar surface area (TPSA) is 64.3 Å². The Hall–Kier alpha value is -2.08. The van der Waals surface area contributed by atoms with Crippen LogP contribution in [0, 0.1) is 5.82 Å². The van der Waals surface area contributed by atoms with E-state index in [2.05, 4.69) is 21.2 Å². The number of halogens is 2. The van der Waals surface area contributed by atoms with Crippen molar-refractivity contribution in [1.29, 1.82) is 0 Å². The summed E-state index contributed by atoms with van der Waals surface area (Å²) < 4.78 is 19.5. The average molecular weight is 353 g/mol. The van der Waals surface area contributed by atoms with Crippen molar-refractivity contribution in [3.63, 3.8) is 0 Å². The molecule has 0 fully saturated rings. The molecule has 2 rings (SSSR count). The number of ether oxygens (including phenoxy) is 1. The molecule has 0 aliphatic heterocycles. The van der Waals surface area contributed by atoms with E-state index in [9.17, 15) is 9.18 Å². The summed E-state index contributed by atoms with van der Waals surface area (Å²) in [6, 6.07) is 9.12. The third-order valence-electron chi connectivity index (χ3n) is 2.75. The molecule has 2 aromatic rings. The number of benzene rings is 2. The molecule has 0 aliphatic carbocycles. The van der Waals surface area contributed by atoms with Gasteiger partial charge in [-0.15, -0.1) is 0 Å². The summed E-state index contributed by atoms with van der Waals surface area (Å²) >= 11 is 3.26. The minimum atomic E-state index is -0.523. The lowest BCUT2D eigenvalue weighted by Crippen LogP contribution is -2.12. The highest BCUT2D eigenvalue weighted by atomic mass is 79.9. The van der Waals surface area contributed by atoms with Crippen molar-refractivity contribution in [3.8, 4) is 5.75 Å². The van der Waals surface area contributed by atoms with Crippen LogP contribution in [0.2, 0.25) is 0 Å². The van der Waals surface area contributed by atoms with Crippen molar-refractivity contribution in [2.24, 2.45) is 0 Å². The Bertz CT molecular complexity index is 677. The zero-order valence-corrected chi connectivity index (χ0v) is 12.9. The molecular weight excluding hydrogens is 339 g/mol. The molecule has 0 bridgehead atoms. The summed E-state index contributed by atoms with van der Waals surface area (Å²) in [4.78, 5) is 12.1. The van der Waals surface area contributed by atoms with Crippen molar-refractivity contribution in [2.45, 2.75) is 6.92 Å². The normalized spacial score (nSPS) is 10.2. The third kappa shape index (κ3) is 3.72. The molecule has 0 spiro atoms. The van der Waals surface area contributed by atoms with E-state index >= 15 is 0 Å². The van der Waals surface area contributed by atoms with Crippen LogP contribution in [0.4, 0.5) is 15.8 Å². The first-order chi connectivity index (χ1) is 10.0. The van der Waals surface area contributed by atoms with Crippen molar-refractivity contribution in [2.75, 3.05) is 17.7 Å². The molecule has 0 radical (unpaired) electrons. The molecule has 0 unspecified atom stereocenters. The number of hydrogen-bond acceptors (Lipinski definition) is 3. The Kier molecular flexibility index (Phi) is 4.80. The lowest BCUT2D eigenvalue weighted by molar-refractivity contribution is 0.102. The van der Waals surface area contributed by atoms with Crippen molar-refractivity contribution in [3.05, 3.63) is 52.3 Å². The van der Waals surface area contributed by atoms with Crippen LogP contribution in [-0.4, -0.2) is 12.5 Å². The van der Waals surface area contributed by atoms with E-state index < -0.39 is 5.82 Å². The number of rotatable bonds is 4. The monoisotopic (exact) mass is 352 g/mol. The maximum absolute atomic E-state index is 13.7. The van der Waals surface area contributed by atoms with E-state index in [0.29, 0.717) is 28.0 Å². The summed E-state index contributed by atoms with van der Waals surface area (Å²) in [5.74, 6) is -0.730. The molecular formula is C15H14BrFN2O2. The fourth-order valence-corrected chi connectivity index (χ4v) is 1.99. The van der Waals surface area contributed by atoms with Gasteiger partial charge in [0.25, 0.3) is 5.91 Å². The number of hydrogen-bond donors (Lipinski definition) is 2. The predicted molar refractivity (Wildman–Crippen MR) is 84.1 cm³/mol. The lowest BCUT2D eigenvalue weighted by Gasteiger charge is -2.09. The second-order valence-electron chi connectivity index (χ2n) is 4.27. The van der Waals surface area contributed by atoms with Gasteiger partial charge in [0, 0.05) is 27.5 Å². The second-order valence-corrected chi connectivity index (χ2v) is 5.12. The Morgan fingerprint density at radius 1 is 1.33 bits per heavy atom. The predicted octanol–water partition coefficient (Wildman–Crippen LogP) is 3.82. The molecule has 3 N–H and O–H groups in total.